The number of halogens is 2. The van der Waals surface area contributed by atoms with Crippen molar-refractivity contribution in [2.75, 3.05) is 85.1 Å². The number of amides is 1. The van der Waals surface area contributed by atoms with Crippen LogP contribution < -0.4 is 9.64 Å². The van der Waals surface area contributed by atoms with Crippen LogP contribution in [0.3, 0.4) is 0 Å². The Morgan fingerprint density at radius 1 is 0.976 bits per heavy atom. The van der Waals surface area contributed by atoms with Crippen molar-refractivity contribution in [3.63, 3.8) is 0 Å². The highest BCUT2D eigenvalue weighted by Crippen LogP contribution is 2.23. The minimum Gasteiger partial charge on any atom is -0.490 e. The van der Waals surface area contributed by atoms with Gasteiger partial charge in [-0.25, -0.2) is 4.39 Å². The second-order valence-corrected chi connectivity index (χ2v) is 12.1. The zero-order valence-electron chi connectivity index (χ0n) is 27.1. The molecular weight excluding hydrogens is 555 g/mol. The molecule has 0 aliphatic carbocycles. The van der Waals surface area contributed by atoms with E-state index in [9.17, 15) is 9.18 Å². The molecule has 238 valence electrons. The lowest BCUT2D eigenvalue weighted by Crippen LogP contribution is -2.47. The number of aliphatic hydroxyl groups excluding tert-OH is 1. The normalized spacial score (nSPS) is 14.0. The zero-order chi connectivity index (χ0) is 31.7. The molecular formula is C33H54ClFN4O3. The predicted octanol–water partition coefficient (Wildman–Crippen LogP) is 6.14. The molecule has 1 aliphatic heterocycles. The molecule has 9 heteroatoms. The fourth-order valence-corrected chi connectivity index (χ4v) is 4.25. The Balaban J connectivity index is 0.000000979. The number of likely N-dealkylation sites (N-methyl/N-ethyl adjacent to an activating group) is 1. The summed E-state index contributed by atoms with van der Waals surface area (Å²) in [6.45, 7) is 18.8. The Hall–Kier alpha value is -2.23. The lowest BCUT2D eigenvalue weighted by atomic mass is 9.92. The van der Waals surface area contributed by atoms with E-state index in [0.29, 0.717) is 22.7 Å². The van der Waals surface area contributed by atoms with Crippen LogP contribution in [0.5, 0.6) is 5.75 Å². The quantitative estimate of drug-likeness (QED) is 0.309. The lowest BCUT2D eigenvalue weighted by molar-refractivity contribution is 0.0992. The fourth-order valence-electron chi connectivity index (χ4n) is 4.13. The Bertz CT molecular complexity index is 1020. The molecule has 2 aromatic carbocycles. The van der Waals surface area contributed by atoms with Crippen molar-refractivity contribution in [2.24, 2.45) is 5.41 Å². The summed E-state index contributed by atoms with van der Waals surface area (Å²) in [6, 6.07) is 11.3. The molecule has 3 rings (SSSR count). The number of carbonyl (C=O) groups is 1. The lowest BCUT2D eigenvalue weighted by Gasteiger charge is -2.35. The van der Waals surface area contributed by atoms with Crippen molar-refractivity contribution in [1.82, 2.24) is 14.7 Å². The minimum atomic E-state index is -0.525. The summed E-state index contributed by atoms with van der Waals surface area (Å²) in [6.07, 6.45) is 2.05. The van der Waals surface area contributed by atoms with E-state index in [1.807, 2.05) is 32.8 Å². The van der Waals surface area contributed by atoms with E-state index < -0.39 is 5.82 Å². The summed E-state index contributed by atoms with van der Waals surface area (Å²) < 4.78 is 20.2. The van der Waals surface area contributed by atoms with Gasteiger partial charge in [0.2, 0.25) is 0 Å². The number of hydrogen-bond donors (Lipinski definition) is 1. The van der Waals surface area contributed by atoms with Crippen LogP contribution in [0.4, 0.5) is 10.1 Å². The number of carbonyl (C=O) groups excluding carboxylic acids is 1. The summed E-state index contributed by atoms with van der Waals surface area (Å²) in [5.74, 6) is -0.644. The van der Waals surface area contributed by atoms with Crippen LogP contribution in [0.1, 0.15) is 57.8 Å². The first-order chi connectivity index (χ1) is 19.9. The van der Waals surface area contributed by atoms with Gasteiger partial charge in [0.25, 0.3) is 5.91 Å². The zero-order valence-corrected chi connectivity index (χ0v) is 27.9. The largest absolute Gasteiger partial charge is 0.490 e. The molecule has 1 saturated heterocycles. The average molecular weight is 609 g/mol. The smallest absolute Gasteiger partial charge is 0.258 e. The topological polar surface area (TPSA) is 59.5 Å². The summed E-state index contributed by atoms with van der Waals surface area (Å²) in [5.41, 5.74) is 1.33. The van der Waals surface area contributed by atoms with Gasteiger partial charge in [-0.2, -0.15) is 0 Å². The van der Waals surface area contributed by atoms with Gasteiger partial charge < -0.3 is 29.4 Å². The molecule has 0 bridgehead atoms. The van der Waals surface area contributed by atoms with E-state index in [-0.39, 0.29) is 23.8 Å². The predicted molar refractivity (Wildman–Crippen MR) is 175 cm³/mol. The second-order valence-electron chi connectivity index (χ2n) is 11.7. The van der Waals surface area contributed by atoms with Crippen molar-refractivity contribution >= 4 is 23.2 Å². The molecule has 0 aromatic heterocycles. The van der Waals surface area contributed by atoms with Gasteiger partial charge in [0.15, 0.2) is 11.6 Å². The van der Waals surface area contributed by atoms with E-state index in [0.717, 1.165) is 52.2 Å². The first-order valence-electron chi connectivity index (χ1n) is 15.1. The van der Waals surface area contributed by atoms with E-state index in [1.165, 1.54) is 23.5 Å². The summed E-state index contributed by atoms with van der Waals surface area (Å²) in [7, 11) is 5.50. The maximum atomic E-state index is 14.6. The summed E-state index contributed by atoms with van der Waals surface area (Å²) in [4.78, 5) is 21.1. The molecule has 0 saturated carbocycles. The standard InChI is InChI=1S/C27H37ClFN3O2.C4H11NO.C2H6/c1-27(2,3)12-14-32-17-15-31(16-18-32)13-5-19-34-25-11-6-21(20-24(25)29)26(33)30(4)23-9-7-22(28)8-10-23;1-5(2)3-4-6;1-2/h6-11,20H,5,12-19H2,1-4H3;6H,3-4H2,1-2H3;1-2H3. The Morgan fingerprint density at radius 2 is 1.55 bits per heavy atom. The summed E-state index contributed by atoms with van der Waals surface area (Å²) in [5, 5.41) is 8.79. The fraction of sp³-hybridized carbons (Fsp3) is 0.606. The minimum absolute atomic E-state index is 0.178. The van der Waals surface area contributed by atoms with E-state index in [2.05, 4.69) is 30.6 Å². The third-order valence-corrected chi connectivity index (χ3v) is 7.02. The second kappa shape index (κ2) is 19.9. The summed E-state index contributed by atoms with van der Waals surface area (Å²) >= 11 is 5.91. The number of ether oxygens (including phenoxy) is 1. The van der Waals surface area contributed by atoms with Crippen LogP contribution in [-0.4, -0.2) is 106 Å². The van der Waals surface area contributed by atoms with Gasteiger partial charge in [0, 0.05) is 62.6 Å². The molecule has 0 atom stereocenters. The van der Waals surface area contributed by atoms with Crippen LogP contribution in [0, 0.1) is 11.2 Å². The maximum absolute atomic E-state index is 14.6. The number of anilines is 1. The van der Waals surface area contributed by atoms with Crippen LogP contribution in [0.15, 0.2) is 42.5 Å². The molecule has 0 unspecified atom stereocenters. The van der Waals surface area contributed by atoms with Crippen molar-refractivity contribution in [3.05, 3.63) is 58.9 Å². The van der Waals surface area contributed by atoms with Crippen molar-refractivity contribution in [2.45, 2.75) is 47.5 Å². The third kappa shape index (κ3) is 14.8. The van der Waals surface area contributed by atoms with Gasteiger partial charge in [-0.1, -0.05) is 46.2 Å². The van der Waals surface area contributed by atoms with Crippen molar-refractivity contribution in [3.8, 4) is 5.75 Å². The Morgan fingerprint density at radius 3 is 2.02 bits per heavy atom. The maximum Gasteiger partial charge on any atom is 0.258 e. The molecule has 7 nitrogen and oxygen atoms in total. The van der Waals surface area contributed by atoms with E-state index in [1.54, 1.807) is 37.4 Å². The first-order valence-corrected chi connectivity index (χ1v) is 15.4. The molecule has 0 radical (unpaired) electrons. The third-order valence-electron chi connectivity index (χ3n) is 6.76. The van der Waals surface area contributed by atoms with Gasteiger partial charge >= 0.3 is 0 Å². The van der Waals surface area contributed by atoms with Crippen LogP contribution in [0.2, 0.25) is 5.02 Å². The molecule has 1 amide bonds. The highest BCUT2D eigenvalue weighted by molar-refractivity contribution is 6.30. The number of benzene rings is 2. The molecule has 1 heterocycles. The van der Waals surface area contributed by atoms with Gasteiger partial charge in [-0.05, 0) is 81.4 Å². The van der Waals surface area contributed by atoms with Crippen molar-refractivity contribution < 1.29 is 19.0 Å². The van der Waals surface area contributed by atoms with E-state index in [4.69, 9.17) is 21.4 Å². The van der Waals surface area contributed by atoms with Crippen LogP contribution in [0.25, 0.3) is 0 Å². The number of piperazine rings is 1. The monoisotopic (exact) mass is 608 g/mol. The SMILES string of the molecule is CC.CN(C(=O)c1ccc(OCCCN2CCN(CCC(C)(C)C)CC2)c(F)c1)c1ccc(Cl)cc1.CN(C)CCO. The Labute approximate surface area is 259 Å². The molecule has 0 spiro atoms. The van der Waals surface area contributed by atoms with Gasteiger partial charge in [-0.3, -0.25) is 4.79 Å². The number of nitrogens with zero attached hydrogens (tertiary/aromatic N) is 4. The molecule has 1 fully saturated rings. The molecule has 2 aromatic rings. The van der Waals surface area contributed by atoms with Crippen molar-refractivity contribution in [1.29, 1.82) is 0 Å². The Kier molecular flexibility index (Phi) is 17.9. The molecule has 1 aliphatic rings. The van der Waals surface area contributed by atoms with Gasteiger partial charge in [0.05, 0.1) is 13.2 Å². The molecule has 1 N–H and O–H groups in total. The highest BCUT2D eigenvalue weighted by Gasteiger charge is 2.19. The van der Waals surface area contributed by atoms with Crippen LogP contribution in [-0.2, 0) is 0 Å². The number of rotatable bonds is 11. The average Bonchev–Trinajstić information content (AvgIpc) is 2.96. The van der Waals surface area contributed by atoms with E-state index >= 15 is 0 Å². The van der Waals surface area contributed by atoms with Gasteiger partial charge in [0.1, 0.15) is 0 Å². The molecule has 42 heavy (non-hydrogen) atoms. The number of aliphatic hydroxyl groups is 1. The first kappa shape index (κ1) is 37.8. The van der Waals surface area contributed by atoms with Gasteiger partial charge in [-0.15, -0.1) is 0 Å². The van der Waals surface area contributed by atoms with Crippen LogP contribution >= 0.6 is 11.6 Å². The highest BCUT2D eigenvalue weighted by atomic mass is 35.5. The number of hydrogen-bond acceptors (Lipinski definition) is 6.